The molecule has 5 rings (SSSR count). The molecule has 0 atom stereocenters. The van der Waals surface area contributed by atoms with E-state index in [9.17, 15) is 14.4 Å². The minimum Gasteiger partial charge on any atom is -0.493 e. The minimum absolute atomic E-state index is 0.170. The molecule has 0 unspecified atom stereocenters. The first-order valence-electron chi connectivity index (χ1n) is 12.7. The van der Waals surface area contributed by atoms with Crippen LogP contribution < -0.4 is 20.3 Å². The molecule has 9 nitrogen and oxygen atoms in total. The van der Waals surface area contributed by atoms with Gasteiger partial charge in [-0.2, -0.15) is 0 Å². The van der Waals surface area contributed by atoms with Crippen molar-refractivity contribution in [1.82, 2.24) is 9.55 Å². The smallest absolute Gasteiger partial charge is 0.341 e. The molecule has 210 valence electrons. The molecule has 0 aliphatic rings. The molecule has 0 aliphatic heterocycles. The number of benzene rings is 2. The van der Waals surface area contributed by atoms with Gasteiger partial charge in [0.15, 0.2) is 11.5 Å². The zero-order valence-electron chi connectivity index (χ0n) is 22.8. The number of anilines is 1. The van der Waals surface area contributed by atoms with Gasteiger partial charge in [-0.3, -0.25) is 14.2 Å². The van der Waals surface area contributed by atoms with Gasteiger partial charge in [0, 0.05) is 10.9 Å². The number of carbonyl (C=O) groups is 2. The molecular weight excluding hydrogens is 562 g/mol. The number of esters is 1. The lowest BCUT2D eigenvalue weighted by Gasteiger charge is -2.11. The van der Waals surface area contributed by atoms with Crippen molar-refractivity contribution in [3.8, 4) is 22.6 Å². The van der Waals surface area contributed by atoms with E-state index in [1.54, 1.807) is 44.5 Å². The second-order valence-electron chi connectivity index (χ2n) is 9.00. The number of carbonyl (C=O) groups excluding carboxylic acids is 2. The summed E-state index contributed by atoms with van der Waals surface area (Å²) >= 11 is 2.35. The van der Waals surface area contributed by atoms with E-state index >= 15 is 0 Å². The van der Waals surface area contributed by atoms with Crippen LogP contribution in [0.3, 0.4) is 0 Å². The Bertz CT molecular complexity index is 1810. The average molecular weight is 590 g/mol. The summed E-state index contributed by atoms with van der Waals surface area (Å²) in [5, 5.41) is 5.40. The Morgan fingerprint density at radius 1 is 1.05 bits per heavy atom. The van der Waals surface area contributed by atoms with Crippen molar-refractivity contribution in [2.75, 3.05) is 26.1 Å². The van der Waals surface area contributed by atoms with Crippen LogP contribution >= 0.6 is 22.7 Å². The fraction of sp³-hybridized carbons (Fsp3) is 0.200. The van der Waals surface area contributed by atoms with Crippen LogP contribution in [0.4, 0.5) is 5.00 Å². The molecule has 0 radical (unpaired) electrons. The molecular formula is C30H27N3O6S2. The zero-order chi connectivity index (χ0) is 29.1. The normalized spacial score (nSPS) is 10.9. The summed E-state index contributed by atoms with van der Waals surface area (Å²) < 4.78 is 17.6. The summed E-state index contributed by atoms with van der Waals surface area (Å²) in [6.45, 7) is 4.00. The van der Waals surface area contributed by atoms with Crippen LogP contribution in [-0.4, -0.2) is 42.3 Å². The Balaban J connectivity index is 1.50. The summed E-state index contributed by atoms with van der Waals surface area (Å²) in [5.41, 5.74) is 2.81. The zero-order valence-corrected chi connectivity index (χ0v) is 24.5. The van der Waals surface area contributed by atoms with E-state index in [4.69, 9.17) is 14.2 Å². The molecule has 1 N–H and O–H groups in total. The number of aromatic nitrogens is 2. The van der Waals surface area contributed by atoms with Gasteiger partial charge in [-0.05, 0) is 42.7 Å². The molecule has 0 spiro atoms. The molecule has 41 heavy (non-hydrogen) atoms. The quantitative estimate of drug-likeness (QED) is 0.210. The lowest BCUT2D eigenvalue weighted by atomic mass is 10.0. The van der Waals surface area contributed by atoms with Gasteiger partial charge in [0.05, 0.1) is 44.0 Å². The Morgan fingerprint density at radius 2 is 1.80 bits per heavy atom. The van der Waals surface area contributed by atoms with Crippen molar-refractivity contribution >= 4 is 49.8 Å². The van der Waals surface area contributed by atoms with E-state index in [0.29, 0.717) is 54.8 Å². The first kappa shape index (κ1) is 28.1. The number of hydrogen-bond acceptors (Lipinski definition) is 9. The molecule has 3 heterocycles. The second kappa shape index (κ2) is 11.9. The highest BCUT2D eigenvalue weighted by Gasteiger charge is 2.26. The largest absolute Gasteiger partial charge is 0.493 e. The highest BCUT2D eigenvalue weighted by atomic mass is 32.1. The molecule has 0 saturated carbocycles. The number of hydrogen-bond donors (Lipinski definition) is 1. The third kappa shape index (κ3) is 5.46. The molecule has 3 aromatic heterocycles. The molecule has 5 aromatic rings. The van der Waals surface area contributed by atoms with E-state index in [1.807, 2.05) is 30.3 Å². The number of amides is 1. The van der Waals surface area contributed by atoms with Gasteiger partial charge in [0.1, 0.15) is 15.4 Å². The average Bonchev–Trinajstić information content (AvgIpc) is 3.56. The number of ether oxygens (including phenoxy) is 3. The van der Waals surface area contributed by atoms with Crippen LogP contribution in [0.15, 0.2) is 65.0 Å². The number of nitrogens with one attached hydrogen (secondary N) is 1. The van der Waals surface area contributed by atoms with Crippen molar-refractivity contribution in [3.63, 3.8) is 0 Å². The molecule has 1 amide bonds. The summed E-state index contributed by atoms with van der Waals surface area (Å²) in [7, 11) is 3.08. The first-order valence-corrected chi connectivity index (χ1v) is 14.4. The standard InChI is InChI=1S/C30H27N3O6S2/c1-5-39-30(36)24-20(19-11-12-21(37-3)22(13-19)38-4)15-40-28(24)32-26(34)25-17(2)23-27(41-25)31-16-33(29(23)35)14-18-9-7-6-8-10-18/h6-13,15-16H,5,14H2,1-4H3,(H,32,34). The van der Waals surface area contributed by atoms with Crippen LogP contribution in [0, 0.1) is 6.92 Å². The van der Waals surface area contributed by atoms with Gasteiger partial charge >= 0.3 is 5.97 Å². The molecule has 11 heteroatoms. The minimum atomic E-state index is -0.563. The molecule has 0 aliphatic carbocycles. The van der Waals surface area contributed by atoms with Crippen molar-refractivity contribution in [2.45, 2.75) is 20.4 Å². The maximum absolute atomic E-state index is 13.5. The van der Waals surface area contributed by atoms with Gasteiger partial charge in [-0.25, -0.2) is 9.78 Å². The number of thiophene rings is 2. The summed E-state index contributed by atoms with van der Waals surface area (Å²) in [4.78, 5) is 45.2. The number of nitrogens with zero attached hydrogens (tertiary/aromatic N) is 2. The number of rotatable bonds is 9. The van der Waals surface area contributed by atoms with E-state index in [2.05, 4.69) is 10.3 Å². The van der Waals surface area contributed by atoms with Crippen LogP contribution in [-0.2, 0) is 11.3 Å². The van der Waals surface area contributed by atoms with Crippen molar-refractivity contribution in [3.05, 3.63) is 92.2 Å². The predicted molar refractivity (Wildman–Crippen MR) is 161 cm³/mol. The fourth-order valence-corrected chi connectivity index (χ4v) is 6.49. The van der Waals surface area contributed by atoms with Crippen LogP contribution in [0.25, 0.3) is 21.3 Å². The van der Waals surface area contributed by atoms with E-state index in [0.717, 1.165) is 16.9 Å². The van der Waals surface area contributed by atoms with Crippen molar-refractivity contribution < 1.29 is 23.8 Å². The SMILES string of the molecule is CCOC(=O)c1c(-c2ccc(OC)c(OC)c2)csc1NC(=O)c1sc2ncn(Cc3ccccc3)c(=O)c2c1C. The monoisotopic (exact) mass is 589 g/mol. The first-order chi connectivity index (χ1) is 19.9. The van der Waals surface area contributed by atoms with Crippen LogP contribution in [0.5, 0.6) is 11.5 Å². The fourth-order valence-electron chi connectivity index (χ4n) is 4.50. The molecule has 0 saturated heterocycles. The van der Waals surface area contributed by atoms with Crippen LogP contribution in [0.1, 0.15) is 38.1 Å². The number of fused-ring (bicyclic) bond motifs is 1. The van der Waals surface area contributed by atoms with Gasteiger partial charge in [-0.1, -0.05) is 36.4 Å². The molecule has 0 bridgehead atoms. The van der Waals surface area contributed by atoms with Gasteiger partial charge in [0.25, 0.3) is 11.5 Å². The highest BCUT2D eigenvalue weighted by Crippen LogP contribution is 2.40. The lowest BCUT2D eigenvalue weighted by molar-refractivity contribution is 0.0529. The Morgan fingerprint density at radius 3 is 2.51 bits per heavy atom. The third-order valence-corrected chi connectivity index (χ3v) is 8.61. The van der Waals surface area contributed by atoms with Gasteiger partial charge in [0.2, 0.25) is 0 Å². The predicted octanol–water partition coefficient (Wildman–Crippen LogP) is 5.99. The summed E-state index contributed by atoms with van der Waals surface area (Å²) in [6.07, 6.45) is 1.50. The van der Waals surface area contributed by atoms with Crippen molar-refractivity contribution in [1.29, 1.82) is 0 Å². The topological polar surface area (TPSA) is 109 Å². The highest BCUT2D eigenvalue weighted by molar-refractivity contribution is 7.21. The summed E-state index contributed by atoms with van der Waals surface area (Å²) in [6, 6.07) is 14.9. The number of methoxy groups -OCH3 is 2. The molecule has 0 fully saturated rings. The number of aryl methyl sites for hydroxylation is 1. The van der Waals surface area contributed by atoms with Gasteiger partial charge < -0.3 is 19.5 Å². The second-order valence-corrected chi connectivity index (χ2v) is 10.9. The Labute approximate surface area is 244 Å². The van der Waals surface area contributed by atoms with E-state index in [-0.39, 0.29) is 17.7 Å². The maximum atomic E-state index is 13.5. The summed E-state index contributed by atoms with van der Waals surface area (Å²) in [5.74, 6) is 0.0513. The van der Waals surface area contributed by atoms with E-state index < -0.39 is 11.9 Å². The van der Waals surface area contributed by atoms with Crippen molar-refractivity contribution in [2.24, 2.45) is 0 Å². The Kier molecular flexibility index (Phi) is 8.18. The lowest BCUT2D eigenvalue weighted by Crippen LogP contribution is -2.21. The van der Waals surface area contributed by atoms with Crippen LogP contribution in [0.2, 0.25) is 0 Å². The van der Waals surface area contributed by atoms with Gasteiger partial charge in [-0.15, -0.1) is 22.7 Å². The maximum Gasteiger partial charge on any atom is 0.341 e. The molecule has 2 aromatic carbocycles. The Hall–Kier alpha value is -4.48. The van der Waals surface area contributed by atoms with E-state index in [1.165, 1.54) is 29.3 Å². The third-order valence-electron chi connectivity index (χ3n) is 6.51.